The van der Waals surface area contributed by atoms with Crippen LogP contribution in [0.15, 0.2) is 54.6 Å². The highest BCUT2D eigenvalue weighted by atomic mass is 32.2. The molecular weight excluding hydrogens is 318 g/mol. The van der Waals surface area contributed by atoms with Gasteiger partial charge in [-0.15, -0.1) is 0 Å². The van der Waals surface area contributed by atoms with E-state index >= 15 is 0 Å². The van der Waals surface area contributed by atoms with Gasteiger partial charge in [0.2, 0.25) is 0 Å². The lowest BCUT2D eigenvalue weighted by atomic mass is 10.1. The SMILES string of the molecule is O[C@@H](CNC1CCSCC1)c1cccc(OCc2ccccc2)c1. The second kappa shape index (κ2) is 9.11. The van der Waals surface area contributed by atoms with Gasteiger partial charge in [0.1, 0.15) is 12.4 Å². The molecule has 0 bridgehead atoms. The molecular formula is C20H25NO2S. The highest BCUT2D eigenvalue weighted by Crippen LogP contribution is 2.21. The van der Waals surface area contributed by atoms with E-state index in [0.717, 1.165) is 16.9 Å². The molecule has 0 aromatic heterocycles. The van der Waals surface area contributed by atoms with Crippen LogP contribution in [0.4, 0.5) is 0 Å². The molecule has 4 heteroatoms. The van der Waals surface area contributed by atoms with Gasteiger partial charge in [-0.3, -0.25) is 0 Å². The highest BCUT2D eigenvalue weighted by Gasteiger charge is 2.15. The van der Waals surface area contributed by atoms with Crippen LogP contribution in [0.1, 0.15) is 30.1 Å². The van der Waals surface area contributed by atoms with Gasteiger partial charge in [0.15, 0.2) is 0 Å². The van der Waals surface area contributed by atoms with Crippen molar-refractivity contribution >= 4 is 11.8 Å². The zero-order valence-corrected chi connectivity index (χ0v) is 14.7. The monoisotopic (exact) mass is 343 g/mol. The van der Waals surface area contributed by atoms with Crippen molar-refractivity contribution in [2.24, 2.45) is 0 Å². The van der Waals surface area contributed by atoms with E-state index in [4.69, 9.17) is 4.74 Å². The van der Waals surface area contributed by atoms with E-state index in [-0.39, 0.29) is 0 Å². The van der Waals surface area contributed by atoms with Gasteiger partial charge >= 0.3 is 0 Å². The maximum absolute atomic E-state index is 10.4. The topological polar surface area (TPSA) is 41.5 Å². The summed E-state index contributed by atoms with van der Waals surface area (Å²) in [7, 11) is 0. The summed E-state index contributed by atoms with van der Waals surface area (Å²) >= 11 is 2.02. The molecule has 24 heavy (non-hydrogen) atoms. The number of hydrogen-bond donors (Lipinski definition) is 2. The van der Waals surface area contributed by atoms with Gasteiger partial charge in [-0.25, -0.2) is 0 Å². The fourth-order valence-corrected chi connectivity index (χ4v) is 3.96. The third kappa shape index (κ3) is 5.26. The first-order valence-corrected chi connectivity index (χ1v) is 9.72. The summed E-state index contributed by atoms with van der Waals surface area (Å²) in [6.07, 6.45) is 1.88. The van der Waals surface area contributed by atoms with Crippen molar-refractivity contribution in [2.75, 3.05) is 18.1 Å². The van der Waals surface area contributed by atoms with E-state index in [1.165, 1.54) is 24.3 Å². The Kier molecular flexibility index (Phi) is 6.58. The number of aliphatic hydroxyl groups is 1. The van der Waals surface area contributed by atoms with Crippen molar-refractivity contribution in [3.63, 3.8) is 0 Å². The molecule has 1 aliphatic heterocycles. The van der Waals surface area contributed by atoms with E-state index in [0.29, 0.717) is 19.2 Å². The third-order valence-corrected chi connectivity index (χ3v) is 5.36. The lowest BCUT2D eigenvalue weighted by molar-refractivity contribution is 0.168. The number of nitrogens with one attached hydrogen (secondary N) is 1. The molecule has 1 saturated heterocycles. The Hall–Kier alpha value is -1.49. The molecule has 1 fully saturated rings. The number of aliphatic hydroxyl groups excluding tert-OH is 1. The second-order valence-electron chi connectivity index (χ2n) is 6.16. The molecule has 2 aromatic carbocycles. The zero-order valence-electron chi connectivity index (χ0n) is 13.9. The van der Waals surface area contributed by atoms with Gasteiger partial charge in [-0.1, -0.05) is 42.5 Å². The summed E-state index contributed by atoms with van der Waals surface area (Å²) < 4.78 is 5.84. The van der Waals surface area contributed by atoms with Crippen LogP contribution in [0.5, 0.6) is 5.75 Å². The standard InChI is InChI=1S/C20H25NO2S/c22-20(14-21-18-9-11-24-12-10-18)17-7-4-8-19(13-17)23-15-16-5-2-1-3-6-16/h1-8,13,18,20-22H,9-12,14-15H2/t20-/m0/s1. The Labute approximate surface area is 148 Å². The Morgan fingerprint density at radius 1 is 1.08 bits per heavy atom. The molecule has 3 rings (SSSR count). The molecule has 0 amide bonds. The van der Waals surface area contributed by atoms with E-state index < -0.39 is 6.10 Å². The second-order valence-corrected chi connectivity index (χ2v) is 7.38. The minimum absolute atomic E-state index is 0.500. The molecule has 2 N–H and O–H groups in total. The van der Waals surface area contributed by atoms with Crippen LogP contribution in [0.2, 0.25) is 0 Å². The van der Waals surface area contributed by atoms with Gasteiger partial charge in [-0.05, 0) is 47.6 Å². The van der Waals surface area contributed by atoms with Gasteiger partial charge in [0.25, 0.3) is 0 Å². The van der Waals surface area contributed by atoms with Crippen LogP contribution in [0.3, 0.4) is 0 Å². The lowest BCUT2D eigenvalue weighted by Gasteiger charge is -2.24. The summed E-state index contributed by atoms with van der Waals surface area (Å²) in [4.78, 5) is 0. The number of benzene rings is 2. The van der Waals surface area contributed by atoms with Crippen molar-refractivity contribution < 1.29 is 9.84 Å². The molecule has 0 radical (unpaired) electrons. The Bertz CT molecular complexity index is 614. The van der Waals surface area contributed by atoms with Gasteiger partial charge in [0.05, 0.1) is 6.10 Å². The minimum atomic E-state index is -0.500. The molecule has 1 atom stereocenters. The van der Waals surface area contributed by atoms with Crippen LogP contribution in [-0.4, -0.2) is 29.2 Å². The van der Waals surface area contributed by atoms with Gasteiger partial charge in [-0.2, -0.15) is 11.8 Å². The van der Waals surface area contributed by atoms with Crippen molar-refractivity contribution in [3.05, 3.63) is 65.7 Å². The maximum atomic E-state index is 10.4. The molecule has 0 aliphatic carbocycles. The number of rotatable bonds is 7. The zero-order chi connectivity index (χ0) is 16.6. The number of ether oxygens (including phenoxy) is 1. The predicted molar refractivity (Wildman–Crippen MR) is 101 cm³/mol. The smallest absolute Gasteiger partial charge is 0.120 e. The summed E-state index contributed by atoms with van der Waals surface area (Å²) in [5, 5.41) is 13.9. The molecule has 0 saturated carbocycles. The minimum Gasteiger partial charge on any atom is -0.489 e. The molecule has 128 valence electrons. The highest BCUT2D eigenvalue weighted by molar-refractivity contribution is 7.99. The van der Waals surface area contributed by atoms with Gasteiger partial charge in [0, 0.05) is 12.6 Å². The molecule has 2 aromatic rings. The Morgan fingerprint density at radius 2 is 1.88 bits per heavy atom. The van der Waals surface area contributed by atoms with E-state index in [1.807, 2.05) is 66.4 Å². The molecule has 1 heterocycles. The third-order valence-electron chi connectivity index (χ3n) is 4.31. The van der Waals surface area contributed by atoms with Crippen LogP contribution >= 0.6 is 11.8 Å². The van der Waals surface area contributed by atoms with Crippen LogP contribution in [0.25, 0.3) is 0 Å². The van der Waals surface area contributed by atoms with Crippen molar-refractivity contribution in [2.45, 2.75) is 31.6 Å². The van der Waals surface area contributed by atoms with Crippen LogP contribution in [-0.2, 0) is 6.61 Å². The van der Waals surface area contributed by atoms with Crippen molar-refractivity contribution in [1.29, 1.82) is 0 Å². The number of thioether (sulfide) groups is 1. The fraction of sp³-hybridized carbons (Fsp3) is 0.400. The number of hydrogen-bond acceptors (Lipinski definition) is 4. The van der Waals surface area contributed by atoms with Crippen LogP contribution in [0, 0.1) is 0 Å². The average Bonchev–Trinajstić information content (AvgIpc) is 2.66. The first-order chi connectivity index (χ1) is 11.8. The average molecular weight is 343 g/mol. The van der Waals surface area contributed by atoms with Crippen molar-refractivity contribution in [1.82, 2.24) is 5.32 Å². The summed E-state index contributed by atoms with van der Waals surface area (Å²) in [6, 6.07) is 18.4. The Balaban J connectivity index is 1.51. The van der Waals surface area contributed by atoms with Gasteiger partial charge < -0.3 is 15.2 Å². The summed E-state index contributed by atoms with van der Waals surface area (Å²) in [5.41, 5.74) is 2.04. The molecule has 0 spiro atoms. The molecule has 0 unspecified atom stereocenters. The van der Waals surface area contributed by atoms with Crippen molar-refractivity contribution in [3.8, 4) is 5.75 Å². The largest absolute Gasteiger partial charge is 0.489 e. The van der Waals surface area contributed by atoms with E-state index in [9.17, 15) is 5.11 Å². The first kappa shape index (κ1) is 17.3. The molecule has 3 nitrogen and oxygen atoms in total. The van der Waals surface area contributed by atoms with E-state index in [2.05, 4.69) is 5.32 Å². The van der Waals surface area contributed by atoms with E-state index in [1.54, 1.807) is 0 Å². The summed E-state index contributed by atoms with van der Waals surface area (Å²) in [6.45, 7) is 1.13. The lowest BCUT2D eigenvalue weighted by Crippen LogP contribution is -2.35. The Morgan fingerprint density at radius 3 is 2.67 bits per heavy atom. The fourth-order valence-electron chi connectivity index (χ4n) is 2.85. The maximum Gasteiger partial charge on any atom is 0.120 e. The predicted octanol–water partition coefficient (Wildman–Crippen LogP) is 3.78. The van der Waals surface area contributed by atoms with Crippen LogP contribution < -0.4 is 10.1 Å². The normalized spacial score (nSPS) is 16.7. The first-order valence-electron chi connectivity index (χ1n) is 8.57. The summed E-state index contributed by atoms with van der Waals surface area (Å²) in [5.74, 6) is 3.23. The molecule has 1 aliphatic rings. The quantitative estimate of drug-likeness (QED) is 0.803.